The molecule has 4 aromatic carbocycles. The summed E-state index contributed by atoms with van der Waals surface area (Å²) in [5, 5.41) is 20.5. The van der Waals surface area contributed by atoms with Crippen molar-refractivity contribution in [1.29, 1.82) is 0 Å². The van der Waals surface area contributed by atoms with E-state index in [-0.39, 0.29) is 0 Å². The Labute approximate surface area is 331 Å². The summed E-state index contributed by atoms with van der Waals surface area (Å²) in [5.74, 6) is 1.49. The average molecular weight is 760 g/mol. The highest BCUT2D eigenvalue weighted by molar-refractivity contribution is 5.97. The van der Waals surface area contributed by atoms with Crippen LogP contribution in [0.4, 0.5) is 0 Å². The average Bonchev–Trinajstić information content (AvgIpc) is 4.10. The Hall–Kier alpha value is -7.77. The van der Waals surface area contributed by atoms with Crippen molar-refractivity contribution in [2.75, 3.05) is 7.05 Å². The molecule has 282 valence electrons. The number of aromatic amines is 4. The van der Waals surface area contributed by atoms with E-state index in [1.165, 1.54) is 5.56 Å². The van der Waals surface area contributed by atoms with Gasteiger partial charge in [0.15, 0.2) is 11.6 Å². The quantitative estimate of drug-likeness (QED) is 0.107. The van der Waals surface area contributed by atoms with Crippen LogP contribution in [0.5, 0.6) is 0 Å². The van der Waals surface area contributed by atoms with E-state index >= 15 is 0 Å². The minimum atomic E-state index is 0.727. The van der Waals surface area contributed by atoms with Gasteiger partial charge in [0.25, 0.3) is 0 Å². The topological polar surface area (TPSA) is 170 Å². The first-order valence-corrected chi connectivity index (χ1v) is 18.9. The molecule has 0 bridgehead atoms. The van der Waals surface area contributed by atoms with E-state index in [1.807, 2.05) is 104 Å². The van der Waals surface area contributed by atoms with Gasteiger partial charge in [-0.1, -0.05) is 30.3 Å². The van der Waals surface area contributed by atoms with Crippen molar-refractivity contribution in [3.8, 4) is 51.0 Å². The van der Waals surface area contributed by atoms with E-state index in [9.17, 15) is 0 Å². The first-order chi connectivity index (χ1) is 28.5. The molecule has 13 nitrogen and oxygen atoms in total. The van der Waals surface area contributed by atoms with E-state index < -0.39 is 0 Å². The van der Waals surface area contributed by atoms with Crippen LogP contribution in [-0.2, 0) is 6.54 Å². The lowest BCUT2D eigenvalue weighted by molar-refractivity contribution is 0.813. The number of rotatable bonds is 7. The monoisotopic (exact) mass is 759 g/mol. The van der Waals surface area contributed by atoms with E-state index in [0.29, 0.717) is 0 Å². The molecular formula is C45H37N13. The van der Waals surface area contributed by atoms with Crippen molar-refractivity contribution in [2.24, 2.45) is 0 Å². The summed E-state index contributed by atoms with van der Waals surface area (Å²) in [5.41, 5.74) is 16.0. The van der Waals surface area contributed by atoms with Gasteiger partial charge in [0.2, 0.25) is 0 Å². The van der Waals surface area contributed by atoms with Crippen LogP contribution in [-0.4, -0.2) is 66.9 Å². The fraction of sp³-hybridized carbons (Fsp3) is 0.0889. The number of H-pyrrole nitrogens is 4. The zero-order valence-electron chi connectivity index (χ0n) is 31.9. The summed E-state index contributed by atoms with van der Waals surface area (Å²) in [6, 6.07) is 30.8. The predicted molar refractivity (Wildman–Crippen MR) is 228 cm³/mol. The van der Waals surface area contributed by atoms with Crippen molar-refractivity contribution in [2.45, 2.75) is 20.4 Å². The van der Waals surface area contributed by atoms with E-state index in [4.69, 9.17) is 4.98 Å². The van der Waals surface area contributed by atoms with Crippen LogP contribution >= 0.6 is 0 Å². The van der Waals surface area contributed by atoms with Gasteiger partial charge in [0, 0.05) is 59.4 Å². The number of hydrogen-bond donors (Lipinski definition) is 5. The Morgan fingerprint density at radius 3 is 2.16 bits per heavy atom. The third-order valence-electron chi connectivity index (χ3n) is 10.3. The molecule has 0 radical (unpaired) electrons. The van der Waals surface area contributed by atoms with Crippen molar-refractivity contribution in [3.05, 3.63) is 145 Å². The van der Waals surface area contributed by atoms with Gasteiger partial charge in [-0.3, -0.25) is 20.2 Å². The van der Waals surface area contributed by atoms with Gasteiger partial charge >= 0.3 is 0 Å². The van der Waals surface area contributed by atoms with Crippen LogP contribution in [0.1, 0.15) is 16.8 Å². The molecule has 5 N–H and O–H groups in total. The molecule has 0 amide bonds. The molecule has 0 spiro atoms. The predicted octanol–water partition coefficient (Wildman–Crippen LogP) is 8.86. The number of nitrogens with one attached hydrogen (secondary N) is 5. The number of fused-ring (bicyclic) bond motifs is 4. The second kappa shape index (κ2) is 14.4. The Morgan fingerprint density at radius 1 is 0.655 bits per heavy atom. The number of nitrogens with zero attached hydrogens (tertiary/aromatic N) is 8. The molecule has 7 heterocycles. The minimum Gasteiger partial charge on any atom is -0.337 e. The van der Waals surface area contributed by atoms with Crippen LogP contribution in [0, 0.1) is 13.8 Å². The maximum absolute atomic E-state index is 4.91. The van der Waals surface area contributed by atoms with E-state index in [1.54, 1.807) is 0 Å². The summed E-state index contributed by atoms with van der Waals surface area (Å²) >= 11 is 0. The molecular weight excluding hydrogens is 723 g/mol. The van der Waals surface area contributed by atoms with Crippen LogP contribution in [0.3, 0.4) is 0 Å². The van der Waals surface area contributed by atoms with Crippen molar-refractivity contribution >= 4 is 43.9 Å². The standard InChI is InChI=1S/C24H19N7.C21H18N6/c1-14-8-9-25-11-18(14)16-6-7-19-17(10-16)22(30-29-19)24-27-20-4-3-5-21(23(20)28-24)31-12-15(2)26-13-31;1-22-10-13-8-15(12-23-11-13)14-6-7-17-16(9-14)20(27-26-17)21-24-18-4-2-3-5-19(18)25-21/h3-13H,1-2H3,(H,27,28)(H,29,30);2-9,11-12,22H,10H2,1H3,(H,24,25)(H,26,27). The van der Waals surface area contributed by atoms with Crippen molar-refractivity contribution in [1.82, 2.24) is 65.2 Å². The fourth-order valence-corrected chi connectivity index (χ4v) is 7.40. The van der Waals surface area contributed by atoms with Crippen LogP contribution < -0.4 is 5.32 Å². The van der Waals surface area contributed by atoms with Gasteiger partial charge in [-0.25, -0.2) is 15.0 Å². The molecule has 11 rings (SSSR count). The molecule has 0 aliphatic heterocycles. The summed E-state index contributed by atoms with van der Waals surface area (Å²) in [6.45, 7) is 4.86. The van der Waals surface area contributed by atoms with E-state index in [2.05, 4.69) is 105 Å². The second-order valence-corrected chi connectivity index (χ2v) is 14.3. The lowest BCUT2D eigenvalue weighted by Gasteiger charge is -2.05. The fourth-order valence-electron chi connectivity index (χ4n) is 7.40. The Balaban J connectivity index is 0.000000142. The molecule has 11 aromatic rings. The Bertz CT molecular complexity index is 3220. The van der Waals surface area contributed by atoms with Crippen molar-refractivity contribution < 1.29 is 0 Å². The van der Waals surface area contributed by atoms with Gasteiger partial charge < -0.3 is 19.9 Å². The third kappa shape index (κ3) is 6.34. The summed E-state index contributed by atoms with van der Waals surface area (Å²) in [4.78, 5) is 29.4. The highest BCUT2D eigenvalue weighted by atomic mass is 15.1. The second-order valence-electron chi connectivity index (χ2n) is 14.3. The van der Waals surface area contributed by atoms with Crippen LogP contribution in [0.25, 0.3) is 94.9 Å². The molecule has 0 unspecified atom stereocenters. The smallest absolute Gasteiger partial charge is 0.159 e. The summed E-state index contributed by atoms with van der Waals surface area (Å²) in [7, 11) is 1.93. The number of imidazole rings is 3. The molecule has 0 saturated carbocycles. The van der Waals surface area contributed by atoms with Gasteiger partial charge in [-0.2, -0.15) is 10.2 Å². The maximum Gasteiger partial charge on any atom is 0.159 e. The zero-order valence-corrected chi connectivity index (χ0v) is 31.9. The lowest BCUT2D eigenvalue weighted by Crippen LogP contribution is -2.05. The highest BCUT2D eigenvalue weighted by Gasteiger charge is 2.17. The number of aromatic nitrogens is 12. The molecule has 0 atom stereocenters. The van der Waals surface area contributed by atoms with Gasteiger partial charge in [0.1, 0.15) is 16.9 Å². The third-order valence-corrected chi connectivity index (χ3v) is 10.3. The normalized spacial score (nSPS) is 11.5. The highest BCUT2D eigenvalue weighted by Crippen LogP contribution is 2.33. The molecule has 0 fully saturated rings. The first kappa shape index (κ1) is 34.7. The zero-order chi connectivity index (χ0) is 39.2. The van der Waals surface area contributed by atoms with E-state index in [0.717, 1.165) is 113 Å². The summed E-state index contributed by atoms with van der Waals surface area (Å²) < 4.78 is 1.99. The van der Waals surface area contributed by atoms with Crippen LogP contribution in [0.15, 0.2) is 128 Å². The Kier molecular flexibility index (Phi) is 8.61. The largest absolute Gasteiger partial charge is 0.337 e. The number of benzene rings is 4. The maximum atomic E-state index is 4.91. The minimum absolute atomic E-state index is 0.727. The number of hydrogen-bond acceptors (Lipinski definition) is 8. The number of para-hydroxylation sites is 3. The summed E-state index contributed by atoms with van der Waals surface area (Å²) in [6.07, 6.45) is 11.3. The van der Waals surface area contributed by atoms with Gasteiger partial charge in [0.05, 0.1) is 45.3 Å². The molecule has 0 aliphatic carbocycles. The number of aryl methyl sites for hydroxylation is 2. The van der Waals surface area contributed by atoms with Gasteiger partial charge in [-0.15, -0.1) is 0 Å². The molecule has 7 aromatic heterocycles. The number of pyridine rings is 2. The molecule has 0 saturated heterocycles. The molecule has 58 heavy (non-hydrogen) atoms. The lowest BCUT2D eigenvalue weighted by atomic mass is 10.0. The first-order valence-electron chi connectivity index (χ1n) is 18.9. The Morgan fingerprint density at radius 2 is 1.40 bits per heavy atom. The molecule has 13 heteroatoms. The van der Waals surface area contributed by atoms with Crippen LogP contribution in [0.2, 0.25) is 0 Å². The SMILES string of the molecule is CNCc1cncc(-c2ccc3[nH]nc(-c4nc5ccccc5[nH]4)c3c2)c1.Cc1cn(-c2cccc3[nH]c(-c4n[nH]c5ccc(-c6cnccc6C)cc45)nc23)cn1. The molecule has 0 aliphatic rings. The van der Waals surface area contributed by atoms with Crippen molar-refractivity contribution in [3.63, 3.8) is 0 Å². The van der Waals surface area contributed by atoms with Gasteiger partial charge in [-0.05, 0) is 104 Å².